The number of ether oxygens (including phenoxy) is 1. The van der Waals surface area contributed by atoms with E-state index in [1.54, 1.807) is 61.7 Å². The monoisotopic (exact) mass is 536 g/mol. The molecule has 4 aromatic rings. The fourth-order valence-electron chi connectivity index (χ4n) is 3.71. The van der Waals surface area contributed by atoms with Crippen LogP contribution in [0, 0.1) is 6.92 Å². The van der Waals surface area contributed by atoms with E-state index in [-0.39, 0.29) is 23.1 Å². The Hall–Kier alpha value is -4.62. The van der Waals surface area contributed by atoms with Crippen LogP contribution >= 0.6 is 11.8 Å². The molecule has 0 aliphatic carbocycles. The van der Waals surface area contributed by atoms with Crippen molar-refractivity contribution in [2.24, 2.45) is 0 Å². The van der Waals surface area contributed by atoms with Crippen molar-refractivity contribution in [3.63, 3.8) is 0 Å². The number of anilines is 1. The summed E-state index contributed by atoms with van der Waals surface area (Å²) >= 11 is 1.40. The predicted molar refractivity (Wildman–Crippen MR) is 156 cm³/mol. The second-order valence-corrected chi connectivity index (χ2v) is 9.73. The number of thioether (sulfide) groups is 1. The molecule has 39 heavy (non-hydrogen) atoms. The molecular formula is C32H28N2O4S. The molecule has 0 aromatic heterocycles. The summed E-state index contributed by atoms with van der Waals surface area (Å²) in [5.41, 5.74) is 3.54. The number of para-hydroxylation sites is 1. The molecule has 0 saturated heterocycles. The van der Waals surface area contributed by atoms with Gasteiger partial charge < -0.3 is 15.4 Å². The maximum absolute atomic E-state index is 13.2. The van der Waals surface area contributed by atoms with Gasteiger partial charge in [-0.3, -0.25) is 14.4 Å². The molecule has 0 heterocycles. The number of carbonyl (C=O) groups is 3. The number of aryl methyl sites for hydroxylation is 1. The summed E-state index contributed by atoms with van der Waals surface area (Å²) in [6.07, 6.45) is 1.64. The summed E-state index contributed by atoms with van der Waals surface area (Å²) in [6.45, 7) is 1.98. The molecule has 4 aromatic carbocycles. The normalized spacial score (nSPS) is 11.0. The van der Waals surface area contributed by atoms with Crippen molar-refractivity contribution in [2.75, 3.05) is 18.2 Å². The van der Waals surface area contributed by atoms with Crippen molar-refractivity contribution in [3.05, 3.63) is 131 Å². The van der Waals surface area contributed by atoms with Crippen LogP contribution in [-0.2, 0) is 4.79 Å². The Morgan fingerprint density at radius 1 is 0.821 bits per heavy atom. The van der Waals surface area contributed by atoms with Crippen molar-refractivity contribution >= 4 is 41.1 Å². The zero-order valence-electron chi connectivity index (χ0n) is 21.6. The van der Waals surface area contributed by atoms with E-state index in [4.69, 9.17) is 4.74 Å². The minimum Gasteiger partial charge on any atom is -0.496 e. The molecule has 7 heteroatoms. The highest BCUT2D eigenvalue weighted by Gasteiger charge is 2.16. The van der Waals surface area contributed by atoms with Crippen LogP contribution in [0.4, 0.5) is 5.69 Å². The number of ketones is 1. The topological polar surface area (TPSA) is 84.5 Å². The second kappa shape index (κ2) is 13.3. The summed E-state index contributed by atoms with van der Waals surface area (Å²) in [5.74, 6) is -0.0619. The van der Waals surface area contributed by atoms with E-state index in [1.807, 2.05) is 61.5 Å². The van der Waals surface area contributed by atoms with Gasteiger partial charge in [0.25, 0.3) is 11.8 Å². The summed E-state index contributed by atoms with van der Waals surface area (Å²) in [6, 6.07) is 30.7. The van der Waals surface area contributed by atoms with Gasteiger partial charge in [0.15, 0.2) is 5.78 Å². The average molecular weight is 537 g/mol. The van der Waals surface area contributed by atoms with Gasteiger partial charge in [-0.15, -0.1) is 11.8 Å². The Morgan fingerprint density at radius 2 is 1.49 bits per heavy atom. The first-order valence-electron chi connectivity index (χ1n) is 12.3. The molecule has 2 N–H and O–H groups in total. The number of rotatable bonds is 10. The smallest absolute Gasteiger partial charge is 0.272 e. The van der Waals surface area contributed by atoms with Gasteiger partial charge in [0.05, 0.1) is 18.4 Å². The van der Waals surface area contributed by atoms with E-state index in [2.05, 4.69) is 10.6 Å². The largest absolute Gasteiger partial charge is 0.496 e. The number of nitrogens with one attached hydrogen (secondary N) is 2. The van der Waals surface area contributed by atoms with E-state index < -0.39 is 5.91 Å². The number of Topliss-reactive ketones (excluding diaryl/α,β-unsaturated/α-hetero) is 1. The maximum atomic E-state index is 13.2. The number of hydrogen-bond acceptors (Lipinski definition) is 5. The minimum absolute atomic E-state index is 0.0325. The van der Waals surface area contributed by atoms with Crippen LogP contribution in [0.25, 0.3) is 6.08 Å². The Labute approximate surface area is 232 Å². The molecule has 0 saturated carbocycles. The third-order valence-electron chi connectivity index (χ3n) is 5.81. The van der Waals surface area contributed by atoms with E-state index >= 15 is 0 Å². The summed E-state index contributed by atoms with van der Waals surface area (Å²) in [5, 5.41) is 5.59. The second-order valence-electron chi connectivity index (χ2n) is 8.68. The lowest BCUT2D eigenvalue weighted by Crippen LogP contribution is -2.30. The predicted octanol–water partition coefficient (Wildman–Crippen LogP) is 6.39. The van der Waals surface area contributed by atoms with Crippen LogP contribution < -0.4 is 15.4 Å². The molecule has 0 aliphatic rings. The average Bonchev–Trinajstić information content (AvgIpc) is 2.97. The number of hydrogen-bond donors (Lipinski definition) is 2. The first-order chi connectivity index (χ1) is 18.9. The first-order valence-corrected chi connectivity index (χ1v) is 13.3. The van der Waals surface area contributed by atoms with Crippen molar-refractivity contribution in [1.29, 1.82) is 0 Å². The maximum Gasteiger partial charge on any atom is 0.272 e. The first kappa shape index (κ1) is 27.4. The van der Waals surface area contributed by atoms with E-state index in [0.717, 1.165) is 16.0 Å². The van der Waals surface area contributed by atoms with Gasteiger partial charge in [-0.05, 0) is 67.1 Å². The molecule has 0 fully saturated rings. The van der Waals surface area contributed by atoms with Crippen molar-refractivity contribution in [3.8, 4) is 5.75 Å². The third kappa shape index (κ3) is 7.69. The Morgan fingerprint density at radius 3 is 2.18 bits per heavy atom. The van der Waals surface area contributed by atoms with Gasteiger partial charge in [-0.2, -0.15) is 0 Å². The fourth-order valence-corrected chi connectivity index (χ4v) is 4.49. The number of benzene rings is 4. The van der Waals surface area contributed by atoms with Gasteiger partial charge in [-0.1, -0.05) is 60.2 Å². The van der Waals surface area contributed by atoms with Crippen LogP contribution in [0.3, 0.4) is 0 Å². The lowest BCUT2D eigenvalue weighted by molar-refractivity contribution is -0.113. The lowest BCUT2D eigenvalue weighted by Gasteiger charge is -2.12. The molecular weight excluding hydrogens is 508 g/mol. The molecule has 4 rings (SSSR count). The lowest BCUT2D eigenvalue weighted by atomic mass is 10.1. The highest BCUT2D eigenvalue weighted by Crippen LogP contribution is 2.24. The number of amides is 2. The molecule has 196 valence electrons. The SMILES string of the molecule is COc1ccccc1C(=O)CSc1ccc(NC(=O)/C(=C/c2ccc(C)cc2)NC(=O)c2ccccc2)cc1. The summed E-state index contributed by atoms with van der Waals surface area (Å²) in [7, 11) is 1.54. The molecule has 0 spiro atoms. The van der Waals surface area contributed by atoms with Gasteiger partial charge in [-0.25, -0.2) is 0 Å². The van der Waals surface area contributed by atoms with Crippen LogP contribution in [0.2, 0.25) is 0 Å². The van der Waals surface area contributed by atoms with Crippen molar-refractivity contribution in [2.45, 2.75) is 11.8 Å². The van der Waals surface area contributed by atoms with Crippen molar-refractivity contribution < 1.29 is 19.1 Å². The summed E-state index contributed by atoms with van der Waals surface area (Å²) in [4.78, 5) is 39.5. The van der Waals surface area contributed by atoms with Crippen LogP contribution in [0.5, 0.6) is 5.75 Å². The van der Waals surface area contributed by atoms with E-state index in [0.29, 0.717) is 22.6 Å². The standard InChI is InChI=1S/C32H28N2O4S/c1-22-12-14-23(15-13-22)20-28(34-31(36)24-8-4-3-5-9-24)32(37)33-25-16-18-26(19-17-25)39-21-29(35)27-10-6-7-11-30(27)38-2/h3-20H,21H2,1-2H3,(H,33,37)(H,34,36)/b28-20-. The van der Waals surface area contributed by atoms with Crippen LogP contribution in [0.15, 0.2) is 114 Å². The van der Waals surface area contributed by atoms with Crippen molar-refractivity contribution in [1.82, 2.24) is 5.32 Å². The third-order valence-corrected chi connectivity index (χ3v) is 6.82. The van der Waals surface area contributed by atoms with Gasteiger partial charge >= 0.3 is 0 Å². The highest BCUT2D eigenvalue weighted by molar-refractivity contribution is 8.00. The van der Waals surface area contributed by atoms with Crippen LogP contribution in [0.1, 0.15) is 31.8 Å². The van der Waals surface area contributed by atoms with Crippen LogP contribution in [-0.4, -0.2) is 30.5 Å². The fraction of sp³-hybridized carbons (Fsp3) is 0.0938. The number of carbonyl (C=O) groups excluding carboxylic acids is 3. The molecule has 0 bridgehead atoms. The number of methoxy groups -OCH3 is 1. The Balaban J connectivity index is 1.44. The van der Waals surface area contributed by atoms with Gasteiger partial charge in [0, 0.05) is 16.1 Å². The zero-order chi connectivity index (χ0) is 27.6. The molecule has 0 radical (unpaired) electrons. The quantitative estimate of drug-likeness (QED) is 0.139. The summed E-state index contributed by atoms with van der Waals surface area (Å²) < 4.78 is 5.28. The Bertz CT molecular complexity index is 1480. The highest BCUT2D eigenvalue weighted by atomic mass is 32.2. The molecule has 2 amide bonds. The molecule has 6 nitrogen and oxygen atoms in total. The van der Waals surface area contributed by atoms with Gasteiger partial charge in [0.1, 0.15) is 11.4 Å². The van der Waals surface area contributed by atoms with E-state index in [9.17, 15) is 14.4 Å². The van der Waals surface area contributed by atoms with Gasteiger partial charge in [0.2, 0.25) is 0 Å². The van der Waals surface area contributed by atoms with E-state index in [1.165, 1.54) is 11.8 Å². The Kier molecular flexibility index (Phi) is 9.32. The molecule has 0 atom stereocenters. The molecule has 0 aliphatic heterocycles. The molecule has 0 unspecified atom stereocenters. The zero-order valence-corrected chi connectivity index (χ0v) is 22.5. The minimum atomic E-state index is -0.452.